The molecule has 2 aliphatic carbocycles. The highest BCUT2D eigenvalue weighted by Crippen LogP contribution is 2.70. The first kappa shape index (κ1) is 22.5. The molecule has 0 aromatic heterocycles. The van der Waals surface area contributed by atoms with Gasteiger partial charge in [-0.1, -0.05) is 45.4 Å². The van der Waals surface area contributed by atoms with Crippen LogP contribution in [0.1, 0.15) is 39.7 Å². The number of carboxylic acids is 1. The standard InChI is InChI=1S/C21H32O6SSi/c1-13-8-10-14(11-9-13)28(24,25)26-15-12-16(27-29(6,7)20(2,3)4)21(5)17(15)18(21)19(22)23/h8-11,15-18H,12H2,1-7H3,(H,22,23)/t15-,16+,17+,18-,21-/m0/s1. The van der Waals surface area contributed by atoms with Crippen LogP contribution in [0.2, 0.25) is 18.1 Å². The smallest absolute Gasteiger partial charge is 0.307 e. The molecule has 1 N–H and O–H groups in total. The van der Waals surface area contributed by atoms with E-state index in [4.69, 9.17) is 8.61 Å². The van der Waals surface area contributed by atoms with Gasteiger partial charge in [0.2, 0.25) is 0 Å². The second kappa shape index (κ2) is 6.90. The van der Waals surface area contributed by atoms with Gasteiger partial charge < -0.3 is 9.53 Å². The van der Waals surface area contributed by atoms with Gasteiger partial charge in [-0.05, 0) is 37.2 Å². The normalized spacial score (nSPS) is 32.1. The minimum atomic E-state index is -3.98. The monoisotopic (exact) mass is 440 g/mol. The molecule has 2 saturated carbocycles. The van der Waals surface area contributed by atoms with Crippen molar-refractivity contribution < 1.29 is 26.9 Å². The Morgan fingerprint density at radius 2 is 1.76 bits per heavy atom. The van der Waals surface area contributed by atoms with Crippen LogP contribution in [-0.2, 0) is 23.5 Å². The number of rotatable bonds is 6. The fourth-order valence-electron chi connectivity index (χ4n) is 4.36. The summed E-state index contributed by atoms with van der Waals surface area (Å²) in [6, 6.07) is 6.47. The SMILES string of the molecule is Cc1ccc(S(=O)(=O)O[C@H]2C[C@@H](O[Si](C)(C)C(C)(C)C)[C@@]3(C)[C@H]2[C@H]3C(=O)O)cc1. The summed E-state index contributed by atoms with van der Waals surface area (Å²) in [4.78, 5) is 11.9. The Morgan fingerprint density at radius 1 is 1.21 bits per heavy atom. The molecule has 0 heterocycles. The number of aryl methyl sites for hydroxylation is 1. The van der Waals surface area contributed by atoms with Crippen molar-refractivity contribution >= 4 is 24.4 Å². The fourth-order valence-corrected chi connectivity index (χ4v) is 6.88. The quantitative estimate of drug-likeness (QED) is 0.527. The molecule has 8 heteroatoms. The van der Waals surface area contributed by atoms with Crippen LogP contribution >= 0.6 is 0 Å². The van der Waals surface area contributed by atoms with Gasteiger partial charge in [0.15, 0.2) is 8.32 Å². The van der Waals surface area contributed by atoms with Gasteiger partial charge in [-0.2, -0.15) is 8.42 Å². The van der Waals surface area contributed by atoms with Crippen LogP contribution in [0.4, 0.5) is 0 Å². The molecule has 0 unspecified atom stereocenters. The molecule has 29 heavy (non-hydrogen) atoms. The second-order valence-corrected chi connectivity index (χ2v) is 16.5. The molecule has 0 aliphatic heterocycles. The number of aliphatic carboxylic acids is 1. The zero-order chi connectivity index (χ0) is 22.0. The van der Waals surface area contributed by atoms with E-state index in [-0.39, 0.29) is 22.0 Å². The van der Waals surface area contributed by atoms with Crippen molar-refractivity contribution in [1.82, 2.24) is 0 Å². The molecule has 0 radical (unpaired) electrons. The summed E-state index contributed by atoms with van der Waals surface area (Å²) in [5.74, 6) is -1.93. The van der Waals surface area contributed by atoms with Crippen molar-refractivity contribution in [3.05, 3.63) is 29.8 Å². The maximum absolute atomic E-state index is 12.8. The number of hydrogen-bond donors (Lipinski definition) is 1. The minimum Gasteiger partial charge on any atom is -0.481 e. The molecular formula is C21H32O6SSi. The van der Waals surface area contributed by atoms with Gasteiger partial charge >= 0.3 is 5.97 Å². The molecule has 1 aromatic carbocycles. The summed E-state index contributed by atoms with van der Waals surface area (Å²) in [7, 11) is -6.13. The third-order valence-corrected chi connectivity index (χ3v) is 13.1. The van der Waals surface area contributed by atoms with E-state index in [1.807, 2.05) is 13.8 Å². The molecule has 6 nitrogen and oxygen atoms in total. The van der Waals surface area contributed by atoms with E-state index in [2.05, 4.69) is 33.9 Å². The molecule has 0 amide bonds. The maximum atomic E-state index is 12.8. The molecule has 3 rings (SSSR count). The topological polar surface area (TPSA) is 89.9 Å². The fraction of sp³-hybridized carbons (Fsp3) is 0.667. The Kier molecular flexibility index (Phi) is 5.34. The van der Waals surface area contributed by atoms with Gasteiger partial charge in [-0.3, -0.25) is 8.98 Å². The highest BCUT2D eigenvalue weighted by molar-refractivity contribution is 7.86. The van der Waals surface area contributed by atoms with Gasteiger partial charge in [0.05, 0.1) is 23.0 Å². The van der Waals surface area contributed by atoms with Crippen LogP contribution < -0.4 is 0 Å². The molecular weight excluding hydrogens is 408 g/mol. The van der Waals surface area contributed by atoms with Gasteiger partial charge in [0, 0.05) is 17.8 Å². The summed E-state index contributed by atoms with van der Waals surface area (Å²) in [5.41, 5.74) is 0.350. The van der Waals surface area contributed by atoms with Crippen LogP contribution in [0.5, 0.6) is 0 Å². The number of benzene rings is 1. The van der Waals surface area contributed by atoms with E-state index in [0.717, 1.165) is 5.56 Å². The second-order valence-electron chi connectivity index (χ2n) is 10.2. The maximum Gasteiger partial charge on any atom is 0.307 e. The van der Waals surface area contributed by atoms with Gasteiger partial charge in [-0.25, -0.2) is 0 Å². The highest BCUT2D eigenvalue weighted by Gasteiger charge is 2.77. The summed E-state index contributed by atoms with van der Waals surface area (Å²) >= 11 is 0. The molecule has 162 valence electrons. The van der Waals surface area contributed by atoms with Gasteiger partial charge in [0.25, 0.3) is 10.1 Å². The number of fused-ring (bicyclic) bond motifs is 1. The van der Waals surface area contributed by atoms with E-state index in [1.165, 1.54) is 12.1 Å². The molecule has 0 bridgehead atoms. The molecule has 5 atom stereocenters. The Bertz CT molecular complexity index is 902. The lowest BCUT2D eigenvalue weighted by molar-refractivity contribution is -0.141. The van der Waals surface area contributed by atoms with E-state index in [1.54, 1.807) is 12.1 Å². The zero-order valence-electron chi connectivity index (χ0n) is 18.2. The highest BCUT2D eigenvalue weighted by atomic mass is 32.2. The van der Waals surface area contributed by atoms with Crippen molar-refractivity contribution in [1.29, 1.82) is 0 Å². The summed E-state index contributed by atoms with van der Waals surface area (Å²) in [5, 5.41) is 9.69. The summed E-state index contributed by atoms with van der Waals surface area (Å²) < 4.78 is 37.8. The van der Waals surface area contributed by atoms with Crippen LogP contribution in [0.3, 0.4) is 0 Å². The third kappa shape index (κ3) is 3.80. The lowest BCUT2D eigenvalue weighted by Gasteiger charge is -2.40. The number of carbonyl (C=O) groups is 1. The predicted octanol–water partition coefficient (Wildman–Crippen LogP) is 4.20. The van der Waals surface area contributed by atoms with Crippen LogP contribution in [0, 0.1) is 24.2 Å². The van der Waals surface area contributed by atoms with Crippen molar-refractivity contribution in [2.45, 2.75) is 76.3 Å². The minimum absolute atomic E-state index is 0.0284. The lowest BCUT2D eigenvalue weighted by atomic mass is 9.99. The first-order chi connectivity index (χ1) is 13.1. The van der Waals surface area contributed by atoms with E-state index >= 15 is 0 Å². The van der Waals surface area contributed by atoms with E-state index in [0.29, 0.717) is 6.42 Å². The van der Waals surface area contributed by atoms with Crippen LogP contribution in [0.25, 0.3) is 0 Å². The molecule has 0 spiro atoms. The molecule has 2 aliphatic rings. The Labute approximate surface area is 174 Å². The van der Waals surface area contributed by atoms with Crippen molar-refractivity contribution in [3.8, 4) is 0 Å². The first-order valence-corrected chi connectivity index (χ1v) is 14.3. The Hall–Kier alpha value is -1.22. The largest absolute Gasteiger partial charge is 0.481 e. The Morgan fingerprint density at radius 3 is 2.24 bits per heavy atom. The van der Waals surface area contributed by atoms with Crippen molar-refractivity contribution in [2.75, 3.05) is 0 Å². The first-order valence-electron chi connectivity index (χ1n) is 10.0. The average Bonchev–Trinajstić information content (AvgIpc) is 3.12. The third-order valence-electron chi connectivity index (χ3n) is 7.25. The lowest BCUT2D eigenvalue weighted by Crippen LogP contribution is -2.46. The average molecular weight is 441 g/mol. The summed E-state index contributed by atoms with van der Waals surface area (Å²) in [6.07, 6.45) is -0.627. The van der Waals surface area contributed by atoms with Gasteiger partial charge in [-0.15, -0.1) is 0 Å². The number of carboxylic acid groups (broad SMARTS) is 1. The van der Waals surface area contributed by atoms with Crippen molar-refractivity contribution in [3.63, 3.8) is 0 Å². The van der Waals surface area contributed by atoms with Crippen molar-refractivity contribution in [2.24, 2.45) is 17.3 Å². The molecule has 2 fully saturated rings. The summed E-state index contributed by atoms with van der Waals surface area (Å²) in [6.45, 7) is 14.4. The van der Waals surface area contributed by atoms with Crippen LogP contribution in [0.15, 0.2) is 29.2 Å². The predicted molar refractivity (Wildman–Crippen MR) is 113 cm³/mol. The van der Waals surface area contributed by atoms with E-state index < -0.39 is 41.8 Å². The van der Waals surface area contributed by atoms with Crippen LogP contribution in [-0.4, -0.2) is 40.0 Å². The Balaban J connectivity index is 1.86. The van der Waals surface area contributed by atoms with Gasteiger partial charge in [0.1, 0.15) is 0 Å². The zero-order valence-corrected chi connectivity index (χ0v) is 20.0. The molecule has 1 aromatic rings. The molecule has 0 saturated heterocycles. The number of hydrogen-bond acceptors (Lipinski definition) is 5. The van der Waals surface area contributed by atoms with E-state index in [9.17, 15) is 18.3 Å².